The summed E-state index contributed by atoms with van der Waals surface area (Å²) in [6.07, 6.45) is 5.23. The van der Waals surface area contributed by atoms with Crippen LogP contribution in [0, 0.1) is 6.92 Å². The summed E-state index contributed by atoms with van der Waals surface area (Å²) in [7, 11) is 0. The Hall–Kier alpha value is -4.00. The molecule has 0 aliphatic carbocycles. The van der Waals surface area contributed by atoms with Crippen LogP contribution in [0.25, 0.3) is 32.7 Å². The van der Waals surface area contributed by atoms with Gasteiger partial charge in [0.25, 0.3) is 0 Å². The minimum absolute atomic E-state index is 0.209. The molecule has 0 saturated heterocycles. The maximum atomic E-state index is 11.5. The van der Waals surface area contributed by atoms with Crippen LogP contribution in [0.4, 0.5) is 11.5 Å². The Morgan fingerprint density at radius 1 is 1.07 bits per heavy atom. The van der Waals surface area contributed by atoms with Crippen molar-refractivity contribution in [3.63, 3.8) is 0 Å². The highest BCUT2D eigenvalue weighted by molar-refractivity contribution is 6.21. The van der Waals surface area contributed by atoms with E-state index in [0.29, 0.717) is 11.5 Å². The van der Waals surface area contributed by atoms with Gasteiger partial charge in [0.1, 0.15) is 11.5 Å². The highest BCUT2D eigenvalue weighted by Crippen LogP contribution is 2.35. The van der Waals surface area contributed by atoms with Gasteiger partial charge in [-0.25, -0.2) is 9.78 Å². The van der Waals surface area contributed by atoms with Gasteiger partial charge in [0.05, 0.1) is 11.1 Å². The molecule has 0 radical (unpaired) electrons. The second kappa shape index (κ2) is 6.02. The summed E-state index contributed by atoms with van der Waals surface area (Å²) in [4.78, 5) is 28.0. The molecule has 7 nitrogen and oxygen atoms in total. The largest absolute Gasteiger partial charge is 0.478 e. The number of aromatic amines is 1. The summed E-state index contributed by atoms with van der Waals surface area (Å²) < 4.78 is 0. The van der Waals surface area contributed by atoms with Crippen molar-refractivity contribution in [1.82, 2.24) is 19.9 Å². The molecule has 5 rings (SSSR count). The van der Waals surface area contributed by atoms with E-state index in [2.05, 4.69) is 20.3 Å². The number of aryl methyl sites for hydroxylation is 1. The van der Waals surface area contributed by atoms with Gasteiger partial charge in [-0.2, -0.15) is 0 Å². The summed E-state index contributed by atoms with van der Waals surface area (Å²) in [5, 5.41) is 16.3. The van der Waals surface area contributed by atoms with Gasteiger partial charge in [0.2, 0.25) is 0 Å². The fourth-order valence-electron chi connectivity index (χ4n) is 3.50. The van der Waals surface area contributed by atoms with Gasteiger partial charge in [-0.3, -0.25) is 9.97 Å². The molecule has 0 bridgehead atoms. The predicted octanol–water partition coefficient (Wildman–Crippen LogP) is 4.41. The number of benzene rings is 1. The zero-order valence-corrected chi connectivity index (χ0v) is 14.9. The van der Waals surface area contributed by atoms with Crippen LogP contribution in [0.5, 0.6) is 0 Å². The van der Waals surface area contributed by atoms with Gasteiger partial charge >= 0.3 is 5.97 Å². The van der Waals surface area contributed by atoms with Crippen molar-refractivity contribution in [1.29, 1.82) is 0 Å². The van der Waals surface area contributed by atoms with E-state index in [4.69, 9.17) is 4.98 Å². The Morgan fingerprint density at radius 3 is 2.79 bits per heavy atom. The number of nitrogens with zero attached hydrogens (tertiary/aromatic N) is 3. The molecule has 1 aromatic carbocycles. The number of nitrogens with one attached hydrogen (secondary N) is 2. The van der Waals surface area contributed by atoms with Crippen LogP contribution in [0.2, 0.25) is 0 Å². The van der Waals surface area contributed by atoms with Crippen LogP contribution in [-0.2, 0) is 0 Å². The Bertz CT molecular complexity index is 1390. The summed E-state index contributed by atoms with van der Waals surface area (Å²) in [6.45, 7) is 1.91. The van der Waals surface area contributed by atoms with E-state index in [1.54, 1.807) is 30.7 Å². The Morgan fingerprint density at radius 2 is 1.96 bits per heavy atom. The minimum Gasteiger partial charge on any atom is -0.478 e. The van der Waals surface area contributed by atoms with Gasteiger partial charge in [-0.05, 0) is 42.6 Å². The first-order valence-electron chi connectivity index (χ1n) is 8.72. The molecule has 136 valence electrons. The lowest BCUT2D eigenvalue weighted by molar-refractivity contribution is 0.0697. The lowest BCUT2D eigenvalue weighted by Crippen LogP contribution is -2.00. The van der Waals surface area contributed by atoms with Gasteiger partial charge in [-0.1, -0.05) is 6.07 Å². The van der Waals surface area contributed by atoms with Gasteiger partial charge in [-0.15, -0.1) is 0 Å². The van der Waals surface area contributed by atoms with Crippen molar-refractivity contribution in [2.75, 3.05) is 5.32 Å². The standard InChI is InChI=1S/C21H15N5O2/c1-11-8-13(4-7-23-11)24-19-15-9-12(21(27)28)2-3-14(15)18-16-10-22-6-5-17(16)25-20(18)26-19/h2-10H,1H3,(H,27,28)(H2,23,24,25,26). The molecular formula is C21H15N5O2. The zero-order chi connectivity index (χ0) is 19.3. The number of aromatic nitrogens is 4. The number of carboxylic acid groups (broad SMARTS) is 1. The maximum Gasteiger partial charge on any atom is 0.335 e. The average Bonchev–Trinajstić information content (AvgIpc) is 3.06. The number of anilines is 2. The number of rotatable bonds is 3. The summed E-state index contributed by atoms with van der Waals surface area (Å²) >= 11 is 0. The van der Waals surface area contributed by atoms with Crippen LogP contribution in [0.3, 0.4) is 0 Å². The van der Waals surface area contributed by atoms with Crippen LogP contribution in [0.15, 0.2) is 55.0 Å². The average molecular weight is 369 g/mol. The van der Waals surface area contributed by atoms with E-state index in [1.807, 2.05) is 31.2 Å². The normalized spacial score (nSPS) is 11.3. The molecule has 0 spiro atoms. The van der Waals surface area contributed by atoms with Crippen LogP contribution >= 0.6 is 0 Å². The van der Waals surface area contributed by atoms with Crippen molar-refractivity contribution in [3.05, 3.63) is 66.2 Å². The van der Waals surface area contributed by atoms with E-state index in [-0.39, 0.29) is 5.56 Å². The van der Waals surface area contributed by atoms with Gasteiger partial charge in [0, 0.05) is 46.1 Å². The van der Waals surface area contributed by atoms with Crippen molar-refractivity contribution < 1.29 is 9.90 Å². The van der Waals surface area contributed by atoms with E-state index in [0.717, 1.165) is 38.4 Å². The fourth-order valence-corrected chi connectivity index (χ4v) is 3.50. The molecule has 0 aliphatic heterocycles. The van der Waals surface area contributed by atoms with Gasteiger partial charge < -0.3 is 15.4 Å². The lowest BCUT2D eigenvalue weighted by atomic mass is 10.0. The first-order valence-corrected chi connectivity index (χ1v) is 8.72. The van der Waals surface area contributed by atoms with Crippen molar-refractivity contribution in [3.8, 4) is 0 Å². The number of hydrogen-bond acceptors (Lipinski definition) is 5. The molecule has 0 fully saturated rings. The van der Waals surface area contributed by atoms with Crippen LogP contribution in [0.1, 0.15) is 16.1 Å². The minimum atomic E-state index is -0.978. The molecule has 7 heteroatoms. The molecule has 0 aliphatic rings. The Balaban J connectivity index is 1.84. The second-order valence-electron chi connectivity index (χ2n) is 6.61. The SMILES string of the molecule is Cc1cc(Nc2nc3[nH]c4ccncc4c3c3ccc(C(=O)O)cc23)ccn1. The second-order valence-corrected chi connectivity index (χ2v) is 6.61. The summed E-state index contributed by atoms with van der Waals surface area (Å²) in [5.74, 6) is -0.399. The van der Waals surface area contributed by atoms with Crippen LogP contribution in [-0.4, -0.2) is 31.0 Å². The van der Waals surface area contributed by atoms with E-state index >= 15 is 0 Å². The van der Waals surface area contributed by atoms with E-state index in [1.165, 1.54) is 0 Å². The molecule has 0 saturated carbocycles. The first kappa shape index (κ1) is 16.2. The molecule has 0 atom stereocenters. The van der Waals surface area contributed by atoms with Crippen molar-refractivity contribution in [2.45, 2.75) is 6.92 Å². The Labute approximate surface area is 159 Å². The van der Waals surface area contributed by atoms with Crippen LogP contribution < -0.4 is 5.32 Å². The Kier molecular flexibility index (Phi) is 3.48. The van der Waals surface area contributed by atoms with E-state index < -0.39 is 5.97 Å². The van der Waals surface area contributed by atoms with Crippen molar-refractivity contribution >= 4 is 50.2 Å². The number of hydrogen-bond donors (Lipinski definition) is 3. The lowest BCUT2D eigenvalue weighted by Gasteiger charge is -2.11. The molecule has 0 unspecified atom stereocenters. The fraction of sp³-hybridized carbons (Fsp3) is 0.0476. The third-order valence-electron chi connectivity index (χ3n) is 4.75. The predicted molar refractivity (Wildman–Crippen MR) is 108 cm³/mol. The van der Waals surface area contributed by atoms with E-state index in [9.17, 15) is 9.90 Å². The molecular weight excluding hydrogens is 354 g/mol. The third kappa shape index (κ3) is 2.52. The monoisotopic (exact) mass is 369 g/mol. The molecule has 3 N–H and O–H groups in total. The first-order chi connectivity index (χ1) is 13.6. The maximum absolute atomic E-state index is 11.5. The molecule has 4 heterocycles. The number of pyridine rings is 3. The molecule has 5 aromatic rings. The molecule has 0 amide bonds. The van der Waals surface area contributed by atoms with Crippen molar-refractivity contribution in [2.24, 2.45) is 0 Å². The number of aromatic carboxylic acids is 1. The highest BCUT2D eigenvalue weighted by atomic mass is 16.4. The quantitative estimate of drug-likeness (QED) is 0.435. The smallest absolute Gasteiger partial charge is 0.335 e. The topological polar surface area (TPSA) is 104 Å². The number of carboxylic acids is 1. The number of H-pyrrole nitrogens is 1. The zero-order valence-electron chi connectivity index (χ0n) is 14.9. The molecule has 28 heavy (non-hydrogen) atoms. The van der Waals surface area contributed by atoms with Gasteiger partial charge in [0.15, 0.2) is 0 Å². The molecule has 4 aromatic heterocycles. The third-order valence-corrected chi connectivity index (χ3v) is 4.75. The highest BCUT2D eigenvalue weighted by Gasteiger charge is 2.16. The summed E-state index contributed by atoms with van der Waals surface area (Å²) in [5.41, 5.74) is 3.56. The number of carbonyl (C=O) groups is 1. The summed E-state index contributed by atoms with van der Waals surface area (Å²) in [6, 6.07) is 10.7. The number of fused-ring (bicyclic) bond motifs is 5.